The van der Waals surface area contributed by atoms with Crippen molar-refractivity contribution in [3.63, 3.8) is 0 Å². The molecule has 0 aromatic rings. The van der Waals surface area contributed by atoms with Crippen LogP contribution < -0.4 is 5.32 Å². The van der Waals surface area contributed by atoms with Gasteiger partial charge in [-0.3, -0.25) is 0 Å². The summed E-state index contributed by atoms with van der Waals surface area (Å²) >= 11 is 1.71. The molecule has 0 bridgehead atoms. The Morgan fingerprint density at radius 3 is 2.38 bits per heavy atom. The summed E-state index contributed by atoms with van der Waals surface area (Å²) in [6.07, 6.45) is 2.38. The van der Waals surface area contributed by atoms with Gasteiger partial charge in [-0.15, -0.1) is 0 Å². The molecule has 1 atom stereocenters. The molecule has 0 rings (SSSR count). The summed E-state index contributed by atoms with van der Waals surface area (Å²) in [5.74, 6) is 0.966. The monoisotopic (exact) mass is 267 g/mol. The Labute approximate surface area is 105 Å². The lowest BCUT2D eigenvalue weighted by Gasteiger charge is -2.26. The number of sulfone groups is 1. The van der Waals surface area contributed by atoms with Gasteiger partial charge < -0.3 is 5.32 Å². The minimum atomic E-state index is -2.81. The van der Waals surface area contributed by atoms with Gasteiger partial charge in [-0.25, -0.2) is 8.42 Å². The van der Waals surface area contributed by atoms with Gasteiger partial charge in [0.05, 0.1) is 5.75 Å². The van der Waals surface area contributed by atoms with Crippen molar-refractivity contribution in [2.24, 2.45) is 0 Å². The number of rotatable bonds is 8. The quantitative estimate of drug-likeness (QED) is 0.730. The van der Waals surface area contributed by atoms with E-state index in [1.54, 1.807) is 11.8 Å². The van der Waals surface area contributed by atoms with Crippen LogP contribution in [0.5, 0.6) is 0 Å². The molecule has 0 aliphatic heterocycles. The number of hydrogen-bond acceptors (Lipinski definition) is 4. The van der Waals surface area contributed by atoms with E-state index in [0.29, 0.717) is 11.0 Å². The molecule has 16 heavy (non-hydrogen) atoms. The van der Waals surface area contributed by atoms with E-state index in [1.807, 2.05) is 0 Å². The lowest BCUT2D eigenvalue weighted by Crippen LogP contribution is -2.41. The third-order valence-corrected chi connectivity index (χ3v) is 4.99. The molecule has 0 heterocycles. The van der Waals surface area contributed by atoms with Crippen molar-refractivity contribution in [3.8, 4) is 0 Å². The third kappa shape index (κ3) is 9.48. The Balaban J connectivity index is 3.72. The average molecular weight is 267 g/mol. The zero-order valence-corrected chi connectivity index (χ0v) is 12.7. The SMILES string of the molecule is CCC(C)(C)NCC(C)SCCS(C)(=O)=O. The van der Waals surface area contributed by atoms with Crippen LogP contribution in [0.2, 0.25) is 0 Å². The summed E-state index contributed by atoms with van der Waals surface area (Å²) in [6, 6.07) is 0. The maximum absolute atomic E-state index is 10.9. The van der Waals surface area contributed by atoms with E-state index in [4.69, 9.17) is 0 Å². The molecule has 3 nitrogen and oxygen atoms in total. The Bertz CT molecular complexity index is 286. The fourth-order valence-electron chi connectivity index (χ4n) is 1.00. The van der Waals surface area contributed by atoms with Crippen LogP contribution in [0.4, 0.5) is 0 Å². The van der Waals surface area contributed by atoms with Gasteiger partial charge in [0.1, 0.15) is 9.84 Å². The zero-order chi connectivity index (χ0) is 12.8. The second kappa shape index (κ2) is 6.87. The molecule has 1 N–H and O–H groups in total. The molecule has 98 valence electrons. The fraction of sp³-hybridized carbons (Fsp3) is 1.00. The summed E-state index contributed by atoms with van der Waals surface area (Å²) in [4.78, 5) is 0. The highest BCUT2D eigenvalue weighted by atomic mass is 32.2. The first-order valence-corrected chi connectivity index (χ1v) is 8.81. The van der Waals surface area contributed by atoms with Gasteiger partial charge in [-0.2, -0.15) is 11.8 Å². The van der Waals surface area contributed by atoms with E-state index >= 15 is 0 Å². The third-order valence-electron chi connectivity index (χ3n) is 2.61. The average Bonchev–Trinajstić information content (AvgIpc) is 2.13. The maximum Gasteiger partial charge on any atom is 0.148 e. The van der Waals surface area contributed by atoms with Gasteiger partial charge in [-0.05, 0) is 20.3 Å². The van der Waals surface area contributed by atoms with E-state index in [2.05, 4.69) is 33.0 Å². The van der Waals surface area contributed by atoms with E-state index in [1.165, 1.54) is 6.26 Å². The minimum Gasteiger partial charge on any atom is -0.311 e. The fourth-order valence-corrected chi connectivity index (χ4v) is 3.20. The van der Waals surface area contributed by atoms with Crippen molar-refractivity contribution < 1.29 is 8.42 Å². The van der Waals surface area contributed by atoms with Crippen molar-refractivity contribution >= 4 is 21.6 Å². The van der Waals surface area contributed by atoms with Crippen LogP contribution in [-0.4, -0.2) is 43.5 Å². The van der Waals surface area contributed by atoms with Crippen LogP contribution in [0.15, 0.2) is 0 Å². The lowest BCUT2D eigenvalue weighted by molar-refractivity contribution is 0.379. The summed E-state index contributed by atoms with van der Waals surface area (Å²) in [5, 5.41) is 3.94. The van der Waals surface area contributed by atoms with Crippen LogP contribution in [0.3, 0.4) is 0 Å². The first-order valence-electron chi connectivity index (χ1n) is 5.70. The summed E-state index contributed by atoms with van der Waals surface area (Å²) < 4.78 is 21.9. The topological polar surface area (TPSA) is 46.2 Å². The largest absolute Gasteiger partial charge is 0.311 e. The van der Waals surface area contributed by atoms with Gasteiger partial charge in [0, 0.05) is 29.3 Å². The molecule has 0 aliphatic carbocycles. The highest BCUT2D eigenvalue weighted by molar-refractivity contribution is 8.01. The molecule has 1 unspecified atom stereocenters. The molecule has 0 fully saturated rings. The van der Waals surface area contributed by atoms with E-state index < -0.39 is 9.84 Å². The number of thioether (sulfide) groups is 1. The minimum absolute atomic E-state index is 0.172. The van der Waals surface area contributed by atoms with E-state index in [9.17, 15) is 8.42 Å². The summed E-state index contributed by atoms with van der Waals surface area (Å²) in [5.41, 5.74) is 0.172. The zero-order valence-electron chi connectivity index (χ0n) is 11.0. The second-order valence-corrected chi connectivity index (χ2v) is 8.74. The molecule has 0 amide bonds. The van der Waals surface area contributed by atoms with Crippen molar-refractivity contribution in [1.82, 2.24) is 5.32 Å². The molecule has 0 spiro atoms. The van der Waals surface area contributed by atoms with Gasteiger partial charge >= 0.3 is 0 Å². The van der Waals surface area contributed by atoms with Crippen LogP contribution >= 0.6 is 11.8 Å². The normalized spacial score (nSPS) is 15.1. The van der Waals surface area contributed by atoms with Crippen molar-refractivity contribution in [2.45, 2.75) is 44.9 Å². The standard InChI is InChI=1S/C11H25NO2S2/c1-6-11(3,4)12-9-10(2)15-7-8-16(5,13)14/h10,12H,6-9H2,1-5H3. The van der Waals surface area contributed by atoms with Crippen LogP contribution in [0.25, 0.3) is 0 Å². The maximum atomic E-state index is 10.9. The predicted octanol–water partition coefficient (Wildman–Crippen LogP) is 1.93. The summed E-state index contributed by atoms with van der Waals surface area (Å²) in [7, 11) is -2.81. The lowest BCUT2D eigenvalue weighted by atomic mass is 10.0. The van der Waals surface area contributed by atoms with E-state index in [-0.39, 0.29) is 11.3 Å². The molecule has 0 saturated carbocycles. The Hall–Kier alpha value is 0.260. The van der Waals surface area contributed by atoms with Crippen molar-refractivity contribution in [1.29, 1.82) is 0 Å². The number of hydrogen-bond donors (Lipinski definition) is 1. The molecule has 0 aliphatic rings. The molecular weight excluding hydrogens is 242 g/mol. The smallest absolute Gasteiger partial charge is 0.148 e. The van der Waals surface area contributed by atoms with Crippen LogP contribution in [-0.2, 0) is 9.84 Å². The van der Waals surface area contributed by atoms with Crippen molar-refractivity contribution in [3.05, 3.63) is 0 Å². The highest BCUT2D eigenvalue weighted by Crippen LogP contribution is 2.13. The Morgan fingerprint density at radius 2 is 1.94 bits per heavy atom. The first-order chi connectivity index (χ1) is 7.16. The molecular formula is C11H25NO2S2. The highest BCUT2D eigenvalue weighted by Gasteiger charge is 2.15. The van der Waals surface area contributed by atoms with Gasteiger partial charge in [0.25, 0.3) is 0 Å². The van der Waals surface area contributed by atoms with Crippen LogP contribution in [0, 0.1) is 0 Å². The molecule has 0 saturated heterocycles. The van der Waals surface area contributed by atoms with E-state index in [0.717, 1.165) is 13.0 Å². The van der Waals surface area contributed by atoms with Crippen LogP contribution in [0.1, 0.15) is 34.1 Å². The van der Waals surface area contributed by atoms with Gasteiger partial charge in [0.2, 0.25) is 0 Å². The molecule has 0 aromatic heterocycles. The Morgan fingerprint density at radius 1 is 1.38 bits per heavy atom. The molecule has 0 aromatic carbocycles. The second-order valence-electron chi connectivity index (χ2n) is 4.93. The predicted molar refractivity (Wildman–Crippen MR) is 74.0 cm³/mol. The number of nitrogens with one attached hydrogen (secondary N) is 1. The molecule has 0 radical (unpaired) electrons. The summed E-state index contributed by atoms with van der Waals surface area (Å²) in [6.45, 7) is 9.58. The van der Waals surface area contributed by atoms with Crippen molar-refractivity contribution in [2.75, 3.05) is 24.3 Å². The molecule has 5 heteroatoms. The van der Waals surface area contributed by atoms with Gasteiger partial charge in [-0.1, -0.05) is 13.8 Å². The first kappa shape index (κ1) is 16.3. The Kier molecular flexibility index (Phi) is 6.98. The van der Waals surface area contributed by atoms with Gasteiger partial charge in [0.15, 0.2) is 0 Å².